The van der Waals surface area contributed by atoms with Crippen LogP contribution in [0.2, 0.25) is 5.02 Å². The number of hydrogen-bond donors (Lipinski definition) is 2. The van der Waals surface area contributed by atoms with E-state index in [0.29, 0.717) is 19.5 Å². The Morgan fingerprint density at radius 3 is 2.73 bits per heavy atom. The van der Waals surface area contributed by atoms with Crippen molar-refractivity contribution in [3.05, 3.63) is 29.3 Å². The maximum atomic E-state index is 11.5. The Kier molecular flexibility index (Phi) is 6.96. The van der Waals surface area contributed by atoms with Crippen molar-refractivity contribution < 1.29 is 4.79 Å². The minimum Gasteiger partial charge on any atom is -0.369 e. The number of benzene rings is 1. The van der Waals surface area contributed by atoms with Gasteiger partial charge in [-0.25, -0.2) is 0 Å². The first kappa shape index (κ1) is 17.1. The number of rotatable bonds is 7. The molecule has 1 heterocycles. The second-order valence-electron chi connectivity index (χ2n) is 5.55. The van der Waals surface area contributed by atoms with Gasteiger partial charge in [0, 0.05) is 56.4 Å². The van der Waals surface area contributed by atoms with Gasteiger partial charge in [-0.15, -0.1) is 0 Å². The molecule has 1 saturated heterocycles. The average Bonchev–Trinajstić information content (AvgIpc) is 2.53. The highest BCUT2D eigenvalue weighted by molar-refractivity contribution is 6.30. The lowest BCUT2D eigenvalue weighted by atomic mass is 10.2. The van der Waals surface area contributed by atoms with Crippen LogP contribution < -0.4 is 16.0 Å². The summed E-state index contributed by atoms with van der Waals surface area (Å²) in [6, 6.07) is 7.99. The van der Waals surface area contributed by atoms with Crippen LogP contribution in [0.15, 0.2) is 24.3 Å². The van der Waals surface area contributed by atoms with Crippen molar-refractivity contribution in [2.24, 2.45) is 5.73 Å². The lowest BCUT2D eigenvalue weighted by molar-refractivity contribution is -0.121. The first-order valence-electron chi connectivity index (χ1n) is 7.88. The number of amides is 1. The van der Waals surface area contributed by atoms with E-state index in [1.807, 2.05) is 18.2 Å². The lowest BCUT2D eigenvalue weighted by Gasteiger charge is -2.36. The van der Waals surface area contributed by atoms with Gasteiger partial charge in [0.1, 0.15) is 0 Å². The van der Waals surface area contributed by atoms with Gasteiger partial charge in [0.2, 0.25) is 5.91 Å². The van der Waals surface area contributed by atoms with Crippen LogP contribution in [0.4, 0.5) is 5.69 Å². The Hall–Kier alpha value is -1.30. The third-order valence-electron chi connectivity index (χ3n) is 3.90. The standard InChI is InChI=1S/C16H25ClN4O/c17-14-3-1-4-15(13-14)21-11-9-20(10-12-21)8-7-19-16(22)5-2-6-18/h1,3-4,13H,2,5-12,18H2,(H,19,22). The smallest absolute Gasteiger partial charge is 0.220 e. The Morgan fingerprint density at radius 2 is 2.05 bits per heavy atom. The van der Waals surface area contributed by atoms with E-state index < -0.39 is 0 Å². The van der Waals surface area contributed by atoms with Gasteiger partial charge in [0.05, 0.1) is 0 Å². The molecule has 1 aliphatic rings. The van der Waals surface area contributed by atoms with Crippen molar-refractivity contribution >= 4 is 23.2 Å². The molecule has 2 rings (SSSR count). The molecule has 1 aliphatic heterocycles. The zero-order chi connectivity index (χ0) is 15.8. The number of nitrogens with one attached hydrogen (secondary N) is 1. The molecule has 1 amide bonds. The fourth-order valence-electron chi connectivity index (χ4n) is 2.61. The first-order valence-corrected chi connectivity index (χ1v) is 8.26. The Morgan fingerprint density at radius 1 is 1.27 bits per heavy atom. The molecule has 0 aromatic heterocycles. The number of anilines is 1. The zero-order valence-corrected chi connectivity index (χ0v) is 13.7. The Labute approximate surface area is 137 Å². The summed E-state index contributed by atoms with van der Waals surface area (Å²) < 4.78 is 0. The van der Waals surface area contributed by atoms with Crippen LogP contribution in [0, 0.1) is 0 Å². The van der Waals surface area contributed by atoms with Crippen molar-refractivity contribution in [3.63, 3.8) is 0 Å². The molecule has 122 valence electrons. The topological polar surface area (TPSA) is 61.6 Å². The molecular formula is C16H25ClN4O. The van der Waals surface area contributed by atoms with Crippen molar-refractivity contribution in [1.29, 1.82) is 0 Å². The van der Waals surface area contributed by atoms with Gasteiger partial charge >= 0.3 is 0 Å². The van der Waals surface area contributed by atoms with Crippen LogP contribution in [0.3, 0.4) is 0 Å². The number of nitrogens with two attached hydrogens (primary N) is 1. The van der Waals surface area contributed by atoms with Crippen LogP contribution in [-0.2, 0) is 4.79 Å². The molecule has 0 atom stereocenters. The number of hydrogen-bond acceptors (Lipinski definition) is 4. The molecule has 0 bridgehead atoms. The Bertz CT molecular complexity index is 475. The van der Waals surface area contributed by atoms with Gasteiger partial charge in [-0.2, -0.15) is 0 Å². The molecule has 1 aromatic carbocycles. The zero-order valence-electron chi connectivity index (χ0n) is 12.9. The van der Waals surface area contributed by atoms with Crippen LogP contribution in [0.1, 0.15) is 12.8 Å². The van der Waals surface area contributed by atoms with Gasteiger partial charge in [-0.1, -0.05) is 17.7 Å². The van der Waals surface area contributed by atoms with Crippen LogP contribution in [0.5, 0.6) is 0 Å². The third-order valence-corrected chi connectivity index (χ3v) is 4.14. The minimum atomic E-state index is 0.100. The maximum Gasteiger partial charge on any atom is 0.220 e. The SMILES string of the molecule is NCCCC(=O)NCCN1CCN(c2cccc(Cl)c2)CC1. The molecule has 0 spiro atoms. The van der Waals surface area contributed by atoms with Gasteiger partial charge in [-0.3, -0.25) is 9.69 Å². The Balaban J connectivity index is 1.66. The predicted octanol–water partition coefficient (Wildman–Crippen LogP) is 1.32. The second kappa shape index (κ2) is 8.98. The summed E-state index contributed by atoms with van der Waals surface area (Å²) in [7, 11) is 0. The fraction of sp³-hybridized carbons (Fsp3) is 0.562. The molecule has 3 N–H and O–H groups in total. The number of carbonyl (C=O) groups is 1. The molecule has 0 unspecified atom stereocenters. The number of carbonyl (C=O) groups excluding carboxylic acids is 1. The van der Waals surface area contributed by atoms with Gasteiger partial charge < -0.3 is 16.0 Å². The van der Waals surface area contributed by atoms with Crippen molar-refractivity contribution in [2.45, 2.75) is 12.8 Å². The van der Waals surface area contributed by atoms with Gasteiger partial charge in [-0.05, 0) is 31.2 Å². The van der Waals surface area contributed by atoms with Crippen LogP contribution in [0.25, 0.3) is 0 Å². The van der Waals surface area contributed by atoms with Crippen LogP contribution >= 0.6 is 11.6 Å². The molecule has 0 aliphatic carbocycles. The number of nitrogens with zero attached hydrogens (tertiary/aromatic N) is 2. The van der Waals surface area contributed by atoms with E-state index in [1.54, 1.807) is 0 Å². The van der Waals surface area contributed by atoms with Gasteiger partial charge in [0.15, 0.2) is 0 Å². The number of piperazine rings is 1. The monoisotopic (exact) mass is 324 g/mol. The quantitative estimate of drug-likeness (QED) is 0.794. The minimum absolute atomic E-state index is 0.100. The van der Waals surface area contributed by atoms with Crippen molar-refractivity contribution in [3.8, 4) is 0 Å². The third kappa shape index (κ3) is 5.48. The summed E-state index contributed by atoms with van der Waals surface area (Å²) in [5, 5.41) is 3.73. The van der Waals surface area contributed by atoms with Crippen molar-refractivity contribution in [2.75, 3.05) is 50.7 Å². The predicted molar refractivity (Wildman–Crippen MR) is 91.4 cm³/mol. The second-order valence-corrected chi connectivity index (χ2v) is 5.99. The van der Waals surface area contributed by atoms with E-state index in [-0.39, 0.29) is 5.91 Å². The molecule has 1 aromatic rings. The summed E-state index contributed by atoms with van der Waals surface area (Å²) in [5.74, 6) is 0.100. The normalized spacial score (nSPS) is 15.8. The lowest BCUT2D eigenvalue weighted by Crippen LogP contribution is -2.48. The van der Waals surface area contributed by atoms with Crippen LogP contribution in [-0.4, -0.2) is 56.6 Å². The van der Waals surface area contributed by atoms with Gasteiger partial charge in [0.25, 0.3) is 0 Å². The molecule has 6 heteroatoms. The highest BCUT2D eigenvalue weighted by Gasteiger charge is 2.17. The molecule has 0 radical (unpaired) electrons. The maximum absolute atomic E-state index is 11.5. The average molecular weight is 325 g/mol. The molecular weight excluding hydrogens is 300 g/mol. The molecule has 5 nitrogen and oxygen atoms in total. The van der Waals surface area contributed by atoms with E-state index in [2.05, 4.69) is 21.2 Å². The van der Waals surface area contributed by atoms with E-state index in [9.17, 15) is 4.79 Å². The molecule has 1 fully saturated rings. The highest BCUT2D eigenvalue weighted by Crippen LogP contribution is 2.20. The summed E-state index contributed by atoms with van der Waals surface area (Å²) in [4.78, 5) is 16.2. The van der Waals surface area contributed by atoms with E-state index in [4.69, 9.17) is 17.3 Å². The highest BCUT2D eigenvalue weighted by atomic mass is 35.5. The summed E-state index contributed by atoms with van der Waals surface area (Å²) in [6.07, 6.45) is 1.28. The fourth-order valence-corrected chi connectivity index (χ4v) is 2.79. The number of halogens is 1. The molecule has 22 heavy (non-hydrogen) atoms. The summed E-state index contributed by atoms with van der Waals surface area (Å²) in [5.41, 5.74) is 6.57. The van der Waals surface area contributed by atoms with Crippen molar-refractivity contribution in [1.82, 2.24) is 10.2 Å². The summed E-state index contributed by atoms with van der Waals surface area (Å²) >= 11 is 6.04. The largest absolute Gasteiger partial charge is 0.369 e. The first-order chi connectivity index (χ1) is 10.7. The van der Waals surface area contributed by atoms with E-state index in [0.717, 1.165) is 44.2 Å². The van der Waals surface area contributed by atoms with E-state index in [1.165, 1.54) is 5.69 Å². The molecule has 0 saturated carbocycles. The van der Waals surface area contributed by atoms with E-state index >= 15 is 0 Å². The summed E-state index contributed by atoms with van der Waals surface area (Å²) in [6.45, 7) is 6.16.